The minimum atomic E-state index is -2.84. The second-order valence-corrected chi connectivity index (χ2v) is 7.84. The Balaban J connectivity index is 2.01. The van der Waals surface area contributed by atoms with Gasteiger partial charge in [-0.2, -0.15) is 0 Å². The highest BCUT2D eigenvalue weighted by Crippen LogP contribution is 2.34. The van der Waals surface area contributed by atoms with Crippen LogP contribution in [0.25, 0.3) is 0 Å². The number of piperazine rings is 1. The van der Waals surface area contributed by atoms with Gasteiger partial charge in [0.1, 0.15) is 9.84 Å². The van der Waals surface area contributed by atoms with Crippen molar-refractivity contribution >= 4 is 9.84 Å². The van der Waals surface area contributed by atoms with Crippen molar-refractivity contribution in [2.75, 3.05) is 38.2 Å². The zero-order valence-electron chi connectivity index (χ0n) is 10.7. The highest BCUT2D eigenvalue weighted by atomic mass is 32.2. The highest BCUT2D eigenvalue weighted by Gasteiger charge is 2.39. The van der Waals surface area contributed by atoms with E-state index in [1.54, 1.807) is 0 Å². The summed E-state index contributed by atoms with van der Waals surface area (Å²) in [4.78, 5) is 2.43. The summed E-state index contributed by atoms with van der Waals surface area (Å²) in [5.41, 5.74) is 0.251. The molecule has 2 fully saturated rings. The summed E-state index contributed by atoms with van der Waals surface area (Å²) in [6.45, 7) is 3.73. The second-order valence-electron chi connectivity index (χ2n) is 5.58. The second kappa shape index (κ2) is 5.24. The predicted molar refractivity (Wildman–Crippen MR) is 70.0 cm³/mol. The van der Waals surface area contributed by atoms with Gasteiger partial charge in [-0.05, 0) is 12.8 Å². The fourth-order valence-corrected chi connectivity index (χ4v) is 3.76. The van der Waals surface area contributed by atoms with Crippen molar-refractivity contribution in [1.82, 2.24) is 10.2 Å². The Bertz CT molecular complexity index is 339. The predicted octanol–water partition coefficient (Wildman–Crippen LogP) is 0.639. The van der Waals surface area contributed by atoms with Gasteiger partial charge in [-0.1, -0.05) is 19.3 Å². The number of nitrogens with one attached hydrogen (secondary N) is 1. The molecule has 2 rings (SSSR count). The van der Waals surface area contributed by atoms with Crippen LogP contribution in [0.15, 0.2) is 0 Å². The third-order valence-electron chi connectivity index (χ3n) is 4.20. The topological polar surface area (TPSA) is 49.4 Å². The van der Waals surface area contributed by atoms with Crippen LogP contribution in [0.5, 0.6) is 0 Å². The lowest BCUT2D eigenvalue weighted by Crippen LogP contribution is -2.62. The fraction of sp³-hybridized carbons (Fsp3) is 1.00. The number of hydrogen-bond donors (Lipinski definition) is 1. The molecule has 17 heavy (non-hydrogen) atoms. The molecule has 1 N–H and O–H groups in total. The molecule has 0 aromatic carbocycles. The normalized spacial score (nSPS) is 26.2. The van der Waals surface area contributed by atoms with Crippen molar-refractivity contribution in [3.63, 3.8) is 0 Å². The SMILES string of the molecule is CS(=O)(=O)CCN1CCNCC12CCCCC2. The van der Waals surface area contributed by atoms with Crippen molar-refractivity contribution in [3.05, 3.63) is 0 Å². The smallest absolute Gasteiger partial charge is 0.148 e. The van der Waals surface area contributed by atoms with Crippen LogP contribution < -0.4 is 5.32 Å². The molecule has 4 nitrogen and oxygen atoms in total. The fourth-order valence-electron chi connectivity index (χ4n) is 3.21. The van der Waals surface area contributed by atoms with Gasteiger partial charge < -0.3 is 5.32 Å². The third-order valence-corrected chi connectivity index (χ3v) is 5.12. The Morgan fingerprint density at radius 1 is 1.24 bits per heavy atom. The Hall–Kier alpha value is -0.130. The van der Waals surface area contributed by atoms with E-state index in [-0.39, 0.29) is 5.54 Å². The van der Waals surface area contributed by atoms with Crippen LogP contribution in [-0.4, -0.2) is 57.0 Å². The first-order chi connectivity index (χ1) is 8.02. The molecule has 100 valence electrons. The summed E-state index contributed by atoms with van der Waals surface area (Å²) >= 11 is 0. The molecular formula is C12H24N2O2S. The van der Waals surface area contributed by atoms with E-state index >= 15 is 0 Å². The summed E-state index contributed by atoms with van der Waals surface area (Å²) < 4.78 is 22.6. The van der Waals surface area contributed by atoms with Crippen LogP contribution >= 0.6 is 0 Å². The zero-order chi connectivity index (χ0) is 12.4. The van der Waals surface area contributed by atoms with Crippen LogP contribution in [0.4, 0.5) is 0 Å². The maximum Gasteiger partial charge on any atom is 0.148 e. The lowest BCUT2D eigenvalue weighted by Gasteiger charge is -2.50. The molecule has 5 heteroatoms. The standard InChI is InChI=1S/C12H24N2O2S/c1-17(15,16)10-9-14-8-7-13-11-12(14)5-3-2-4-6-12/h13H,2-11H2,1H3. The zero-order valence-corrected chi connectivity index (χ0v) is 11.6. The van der Waals surface area contributed by atoms with E-state index in [1.807, 2.05) is 0 Å². The van der Waals surface area contributed by atoms with Crippen molar-refractivity contribution in [1.29, 1.82) is 0 Å². The molecule has 1 saturated carbocycles. The molecule has 0 aromatic heterocycles. The van der Waals surface area contributed by atoms with Crippen molar-refractivity contribution < 1.29 is 8.42 Å². The summed E-state index contributed by atoms with van der Waals surface area (Å²) in [6, 6.07) is 0. The minimum Gasteiger partial charge on any atom is -0.314 e. The molecule has 1 saturated heterocycles. The number of sulfone groups is 1. The van der Waals surface area contributed by atoms with E-state index in [4.69, 9.17) is 0 Å². The van der Waals surface area contributed by atoms with Gasteiger partial charge in [0.15, 0.2) is 0 Å². The van der Waals surface area contributed by atoms with Crippen molar-refractivity contribution in [2.24, 2.45) is 0 Å². The molecule has 0 bridgehead atoms. The van der Waals surface area contributed by atoms with E-state index in [2.05, 4.69) is 10.2 Å². The van der Waals surface area contributed by atoms with Gasteiger partial charge in [0.25, 0.3) is 0 Å². The van der Waals surface area contributed by atoms with Gasteiger partial charge in [-0.25, -0.2) is 8.42 Å². The first-order valence-electron chi connectivity index (χ1n) is 6.65. The first-order valence-corrected chi connectivity index (χ1v) is 8.71. The number of nitrogens with zero attached hydrogens (tertiary/aromatic N) is 1. The van der Waals surface area contributed by atoms with Gasteiger partial charge in [-0.15, -0.1) is 0 Å². The van der Waals surface area contributed by atoms with Crippen LogP contribution in [0.1, 0.15) is 32.1 Å². The molecule has 2 aliphatic rings. The molecule has 0 aromatic rings. The monoisotopic (exact) mass is 260 g/mol. The molecule has 1 spiro atoms. The Labute approximate surface area is 105 Å². The summed E-state index contributed by atoms with van der Waals surface area (Å²) in [5.74, 6) is 0.300. The van der Waals surface area contributed by atoms with Crippen LogP contribution in [0.3, 0.4) is 0 Å². The minimum absolute atomic E-state index is 0.251. The van der Waals surface area contributed by atoms with E-state index in [0.717, 1.165) is 19.6 Å². The van der Waals surface area contributed by atoms with E-state index < -0.39 is 9.84 Å². The van der Waals surface area contributed by atoms with Gasteiger partial charge in [0, 0.05) is 38.0 Å². The third kappa shape index (κ3) is 3.42. The quantitative estimate of drug-likeness (QED) is 0.809. The lowest BCUT2D eigenvalue weighted by molar-refractivity contribution is 0.0330. The average molecular weight is 260 g/mol. The number of rotatable bonds is 3. The van der Waals surface area contributed by atoms with Crippen LogP contribution in [-0.2, 0) is 9.84 Å². The molecule has 1 aliphatic carbocycles. The maximum atomic E-state index is 11.3. The molecule has 0 unspecified atom stereocenters. The molecule has 0 atom stereocenters. The molecule has 0 amide bonds. The molecule has 1 aliphatic heterocycles. The molecule has 1 heterocycles. The summed E-state index contributed by atoms with van der Waals surface area (Å²) in [7, 11) is -2.84. The maximum absolute atomic E-state index is 11.3. The van der Waals surface area contributed by atoms with E-state index in [0.29, 0.717) is 12.3 Å². The van der Waals surface area contributed by atoms with Gasteiger partial charge >= 0.3 is 0 Å². The Morgan fingerprint density at radius 3 is 2.59 bits per heavy atom. The van der Waals surface area contributed by atoms with E-state index in [9.17, 15) is 8.42 Å². The highest BCUT2D eigenvalue weighted by molar-refractivity contribution is 7.90. The van der Waals surface area contributed by atoms with Gasteiger partial charge in [0.05, 0.1) is 5.75 Å². The Morgan fingerprint density at radius 2 is 1.94 bits per heavy atom. The Kier molecular flexibility index (Phi) is 4.10. The van der Waals surface area contributed by atoms with Crippen LogP contribution in [0, 0.1) is 0 Å². The van der Waals surface area contributed by atoms with Gasteiger partial charge in [0.2, 0.25) is 0 Å². The van der Waals surface area contributed by atoms with Crippen molar-refractivity contribution in [3.8, 4) is 0 Å². The van der Waals surface area contributed by atoms with E-state index in [1.165, 1.54) is 38.4 Å². The summed E-state index contributed by atoms with van der Waals surface area (Å²) in [6.07, 6.45) is 7.70. The van der Waals surface area contributed by atoms with Gasteiger partial charge in [-0.3, -0.25) is 4.90 Å². The lowest BCUT2D eigenvalue weighted by atomic mass is 9.79. The number of hydrogen-bond acceptors (Lipinski definition) is 4. The first kappa shape index (κ1) is 13.3. The molecule has 0 radical (unpaired) electrons. The van der Waals surface area contributed by atoms with Crippen molar-refractivity contribution in [2.45, 2.75) is 37.6 Å². The average Bonchev–Trinajstić information content (AvgIpc) is 2.28. The van der Waals surface area contributed by atoms with Crippen LogP contribution in [0.2, 0.25) is 0 Å². The largest absolute Gasteiger partial charge is 0.314 e. The molecular weight excluding hydrogens is 236 g/mol. The summed E-state index contributed by atoms with van der Waals surface area (Å²) in [5, 5.41) is 3.48.